The van der Waals surface area contributed by atoms with E-state index in [1.54, 1.807) is 24.3 Å². The number of nitro groups is 1. The molecule has 0 aliphatic carbocycles. The summed E-state index contributed by atoms with van der Waals surface area (Å²) in [6, 6.07) is 13.6. The highest BCUT2D eigenvalue weighted by Gasteiger charge is 2.15. The van der Waals surface area contributed by atoms with Gasteiger partial charge >= 0.3 is 0 Å². The number of hydrogen-bond acceptors (Lipinski definition) is 6. The van der Waals surface area contributed by atoms with Crippen LogP contribution < -0.4 is 10.1 Å². The topological polar surface area (TPSA) is 131 Å². The number of hydrazone groups is 1. The maximum absolute atomic E-state index is 12.1. The number of amides is 1. The second-order valence-corrected chi connectivity index (χ2v) is 7.56. The highest BCUT2D eigenvalue weighted by molar-refractivity contribution is 7.89. The van der Waals surface area contributed by atoms with E-state index in [-0.39, 0.29) is 10.6 Å². The summed E-state index contributed by atoms with van der Waals surface area (Å²) in [5.74, 6) is -0.654. The van der Waals surface area contributed by atoms with Gasteiger partial charge in [-0.1, -0.05) is 43.7 Å². The van der Waals surface area contributed by atoms with Gasteiger partial charge in [-0.3, -0.25) is 14.9 Å². The molecule has 0 atom stereocenters. The van der Waals surface area contributed by atoms with Gasteiger partial charge in [-0.25, -0.2) is 18.6 Å². The summed E-state index contributed by atoms with van der Waals surface area (Å²) in [7, 11) is -3.81. The number of nitrogens with zero attached hydrogens (tertiary/aromatic N) is 2. The zero-order chi connectivity index (χ0) is 20.6. The third-order valence-electron chi connectivity index (χ3n) is 3.67. The van der Waals surface area contributed by atoms with Crippen LogP contribution in [0.2, 0.25) is 0 Å². The van der Waals surface area contributed by atoms with E-state index in [2.05, 4.69) is 15.2 Å². The molecule has 2 aromatic carbocycles. The molecule has 0 spiro atoms. The Morgan fingerprint density at radius 1 is 1.14 bits per heavy atom. The van der Waals surface area contributed by atoms with Crippen LogP contribution in [0.15, 0.2) is 64.6 Å². The zero-order valence-electron chi connectivity index (χ0n) is 15.2. The first-order valence-corrected chi connectivity index (χ1v) is 9.96. The van der Waals surface area contributed by atoms with Gasteiger partial charge in [0.15, 0.2) is 0 Å². The van der Waals surface area contributed by atoms with Crippen molar-refractivity contribution in [3.63, 3.8) is 0 Å². The van der Waals surface area contributed by atoms with Crippen LogP contribution in [-0.4, -0.2) is 31.5 Å². The lowest BCUT2D eigenvalue weighted by molar-refractivity contribution is -0.384. The molecule has 2 aromatic rings. The van der Waals surface area contributed by atoms with Crippen LogP contribution in [0.1, 0.15) is 25.3 Å². The largest absolute Gasteiger partial charge is 0.272 e. The van der Waals surface area contributed by atoms with Gasteiger partial charge in [-0.2, -0.15) is 5.10 Å². The maximum atomic E-state index is 12.1. The monoisotopic (exact) mass is 404 g/mol. The Labute approximate surface area is 162 Å². The summed E-state index contributed by atoms with van der Waals surface area (Å²) in [5.41, 5.74) is 3.19. The zero-order valence-corrected chi connectivity index (χ0v) is 16.0. The van der Waals surface area contributed by atoms with E-state index in [1.807, 2.05) is 6.92 Å². The van der Waals surface area contributed by atoms with Gasteiger partial charge < -0.3 is 0 Å². The van der Waals surface area contributed by atoms with Crippen molar-refractivity contribution >= 4 is 27.3 Å². The summed E-state index contributed by atoms with van der Waals surface area (Å²) >= 11 is 0. The van der Waals surface area contributed by atoms with Crippen LogP contribution in [0.4, 0.5) is 5.69 Å². The molecule has 2 N–H and O–H groups in total. The normalized spacial score (nSPS) is 11.8. The average Bonchev–Trinajstić information content (AvgIpc) is 2.70. The maximum Gasteiger partial charge on any atom is 0.270 e. The summed E-state index contributed by atoms with van der Waals surface area (Å²) in [4.78, 5) is 22.5. The molecule has 2 rings (SSSR count). The molecule has 0 aliphatic heterocycles. The van der Waals surface area contributed by atoms with Crippen LogP contribution in [0.25, 0.3) is 0 Å². The number of rotatable bonds is 9. The minimum absolute atomic E-state index is 0.0505. The molecule has 0 aliphatic rings. The van der Waals surface area contributed by atoms with E-state index >= 15 is 0 Å². The SMILES string of the molecule is CCC/C(=N/NC(=O)CNS(=O)(=O)c1ccccc1)c1cccc([N+](=O)[O-])c1. The van der Waals surface area contributed by atoms with Crippen molar-refractivity contribution in [1.82, 2.24) is 10.1 Å². The lowest BCUT2D eigenvalue weighted by atomic mass is 10.1. The van der Waals surface area contributed by atoms with Crippen molar-refractivity contribution in [3.8, 4) is 0 Å². The molecule has 0 saturated carbocycles. The van der Waals surface area contributed by atoms with Gasteiger partial charge in [0, 0.05) is 17.7 Å². The van der Waals surface area contributed by atoms with Crippen LogP contribution >= 0.6 is 0 Å². The Bertz CT molecular complexity index is 974. The Kier molecular flexibility index (Phi) is 7.36. The molecule has 28 heavy (non-hydrogen) atoms. The summed E-state index contributed by atoms with van der Waals surface area (Å²) in [6.45, 7) is 1.41. The number of nitrogens with one attached hydrogen (secondary N) is 2. The summed E-state index contributed by atoms with van der Waals surface area (Å²) in [5, 5.41) is 14.9. The molecular formula is C18H20N4O5S. The lowest BCUT2D eigenvalue weighted by Gasteiger charge is -2.08. The fourth-order valence-electron chi connectivity index (χ4n) is 2.31. The molecular weight excluding hydrogens is 384 g/mol. The van der Waals surface area contributed by atoms with Gasteiger partial charge in [-0.05, 0) is 18.6 Å². The summed E-state index contributed by atoms with van der Waals surface area (Å²) in [6.07, 6.45) is 1.19. The van der Waals surface area contributed by atoms with E-state index in [0.717, 1.165) is 0 Å². The number of carbonyl (C=O) groups excluding carboxylic acids is 1. The molecule has 148 valence electrons. The van der Waals surface area contributed by atoms with Crippen LogP contribution in [0.3, 0.4) is 0 Å². The first-order valence-electron chi connectivity index (χ1n) is 8.48. The van der Waals surface area contributed by atoms with E-state index in [1.165, 1.54) is 30.3 Å². The number of carbonyl (C=O) groups is 1. The van der Waals surface area contributed by atoms with E-state index in [9.17, 15) is 23.3 Å². The van der Waals surface area contributed by atoms with Gasteiger partial charge in [0.05, 0.1) is 22.1 Å². The lowest BCUT2D eigenvalue weighted by Crippen LogP contribution is -2.35. The van der Waals surface area contributed by atoms with E-state index in [4.69, 9.17) is 0 Å². The standard InChI is InChI=1S/C18H20N4O5S/c1-2-7-17(14-8-6-9-15(12-14)22(24)25)20-21-18(23)13-19-28(26,27)16-10-4-3-5-11-16/h3-6,8-12,19H,2,7,13H2,1H3,(H,21,23)/b20-17-. The van der Waals surface area contributed by atoms with Crippen molar-refractivity contribution in [2.75, 3.05) is 6.54 Å². The molecule has 1 amide bonds. The highest BCUT2D eigenvalue weighted by Crippen LogP contribution is 2.15. The minimum atomic E-state index is -3.81. The molecule has 0 saturated heterocycles. The van der Waals surface area contributed by atoms with E-state index in [0.29, 0.717) is 24.1 Å². The summed E-state index contributed by atoms with van der Waals surface area (Å²) < 4.78 is 26.4. The second-order valence-electron chi connectivity index (χ2n) is 5.79. The molecule has 0 aromatic heterocycles. The Hall–Kier alpha value is -3.11. The number of hydrogen-bond donors (Lipinski definition) is 2. The number of non-ortho nitro benzene ring substituents is 1. The quantitative estimate of drug-likeness (QED) is 0.376. The second kappa shape index (κ2) is 9.72. The Balaban J connectivity index is 2.05. The molecule has 9 nitrogen and oxygen atoms in total. The molecule has 10 heteroatoms. The smallest absolute Gasteiger partial charge is 0.270 e. The average molecular weight is 404 g/mol. The van der Waals surface area contributed by atoms with Crippen molar-refractivity contribution in [1.29, 1.82) is 0 Å². The number of nitro benzene ring substituents is 1. The first kappa shape index (κ1) is 21.2. The van der Waals surface area contributed by atoms with E-state index < -0.39 is 27.4 Å². The van der Waals surface area contributed by atoms with Crippen LogP contribution in [0, 0.1) is 10.1 Å². The van der Waals surface area contributed by atoms with Crippen molar-refractivity contribution in [3.05, 3.63) is 70.3 Å². The van der Waals surface area contributed by atoms with Gasteiger partial charge in [0.25, 0.3) is 11.6 Å². The van der Waals surface area contributed by atoms with Gasteiger partial charge in [-0.15, -0.1) is 0 Å². The third-order valence-corrected chi connectivity index (χ3v) is 5.09. The predicted octanol–water partition coefficient (Wildman–Crippen LogP) is 2.19. The molecule has 0 radical (unpaired) electrons. The fourth-order valence-corrected chi connectivity index (χ4v) is 3.32. The fraction of sp³-hybridized carbons (Fsp3) is 0.222. The predicted molar refractivity (Wildman–Crippen MR) is 104 cm³/mol. The molecule has 0 heterocycles. The number of sulfonamides is 1. The van der Waals surface area contributed by atoms with Crippen molar-refractivity contribution in [2.24, 2.45) is 5.10 Å². The molecule has 0 bridgehead atoms. The third kappa shape index (κ3) is 5.96. The minimum Gasteiger partial charge on any atom is -0.272 e. The van der Waals surface area contributed by atoms with Gasteiger partial charge in [0.2, 0.25) is 10.0 Å². The van der Waals surface area contributed by atoms with Crippen LogP contribution in [0.5, 0.6) is 0 Å². The van der Waals surface area contributed by atoms with Crippen LogP contribution in [-0.2, 0) is 14.8 Å². The van der Waals surface area contributed by atoms with Gasteiger partial charge in [0.1, 0.15) is 0 Å². The molecule has 0 unspecified atom stereocenters. The van der Waals surface area contributed by atoms with Crippen molar-refractivity contribution in [2.45, 2.75) is 24.7 Å². The Morgan fingerprint density at radius 2 is 1.86 bits per heavy atom. The highest BCUT2D eigenvalue weighted by atomic mass is 32.2. The number of benzene rings is 2. The molecule has 0 fully saturated rings. The first-order chi connectivity index (χ1) is 13.3. The Morgan fingerprint density at radius 3 is 2.50 bits per heavy atom. The van der Waals surface area contributed by atoms with Crippen molar-refractivity contribution < 1.29 is 18.1 Å².